The second-order valence-electron chi connectivity index (χ2n) is 20.9. The molecule has 0 saturated heterocycles. The summed E-state index contributed by atoms with van der Waals surface area (Å²) in [5.41, 5.74) is 0. The third kappa shape index (κ3) is 62.5. The molecule has 0 aliphatic heterocycles. The molecule has 0 N–H and O–H groups in total. The summed E-state index contributed by atoms with van der Waals surface area (Å²) < 4.78 is 16.9. The highest BCUT2D eigenvalue weighted by molar-refractivity contribution is 5.71. The van der Waals surface area contributed by atoms with Gasteiger partial charge in [0, 0.05) is 19.3 Å². The summed E-state index contributed by atoms with van der Waals surface area (Å²) in [6, 6.07) is 0. The second-order valence-corrected chi connectivity index (χ2v) is 20.9. The van der Waals surface area contributed by atoms with E-state index in [1.54, 1.807) is 0 Å². The van der Waals surface area contributed by atoms with Crippen LogP contribution in [0.3, 0.4) is 0 Å². The van der Waals surface area contributed by atoms with Crippen molar-refractivity contribution in [2.75, 3.05) is 13.2 Å². The standard InChI is InChI=1S/C71H118O6/c1-4-7-10-13-16-19-22-25-27-29-31-32-33-34-35-36-37-38-40-41-43-46-49-52-55-58-61-64-70(73)76-67-68(66-75-69(72)63-60-57-54-51-48-45-24-21-18-15-12-9-6-3)77-71(74)65-62-59-56-53-50-47-44-42-39-30-28-26-23-20-17-14-11-8-5-2/h7-8,10-11,16-17,19-21,24-28,31-32,34-35,39,42,68H,4-6,9,12-15,18,22-23,29-30,33,36-38,40-41,43-67H2,1-3H3/b10-7-,11-8-,19-16-,20-17-,24-21-,27-25-,28-26-,32-31-,35-34-,42-39-. The Kier molecular flexibility index (Phi) is 60.8. The highest BCUT2D eigenvalue weighted by atomic mass is 16.6. The lowest BCUT2D eigenvalue weighted by Crippen LogP contribution is -2.30. The van der Waals surface area contributed by atoms with Crippen LogP contribution in [0.15, 0.2) is 122 Å². The van der Waals surface area contributed by atoms with Crippen molar-refractivity contribution in [2.24, 2.45) is 0 Å². The van der Waals surface area contributed by atoms with E-state index in [0.29, 0.717) is 19.3 Å². The van der Waals surface area contributed by atoms with Gasteiger partial charge in [-0.15, -0.1) is 0 Å². The van der Waals surface area contributed by atoms with Gasteiger partial charge in [-0.05, 0) is 128 Å². The van der Waals surface area contributed by atoms with E-state index < -0.39 is 6.10 Å². The number of esters is 3. The summed E-state index contributed by atoms with van der Waals surface area (Å²) in [6.07, 6.45) is 89.1. The second kappa shape index (κ2) is 64.3. The van der Waals surface area contributed by atoms with Gasteiger partial charge in [0.2, 0.25) is 0 Å². The molecule has 6 heteroatoms. The molecule has 6 nitrogen and oxygen atoms in total. The van der Waals surface area contributed by atoms with Gasteiger partial charge in [0.1, 0.15) is 13.2 Å². The van der Waals surface area contributed by atoms with Crippen LogP contribution in [0.4, 0.5) is 0 Å². The Morgan fingerprint density at radius 2 is 0.506 bits per heavy atom. The highest BCUT2D eigenvalue weighted by Gasteiger charge is 2.19. The van der Waals surface area contributed by atoms with E-state index >= 15 is 0 Å². The molecular weight excluding hydrogens is 949 g/mol. The smallest absolute Gasteiger partial charge is 0.306 e. The zero-order chi connectivity index (χ0) is 55.7. The van der Waals surface area contributed by atoms with E-state index in [1.165, 1.54) is 116 Å². The molecule has 0 bridgehead atoms. The molecule has 0 radical (unpaired) electrons. The molecule has 0 aliphatic carbocycles. The van der Waals surface area contributed by atoms with E-state index in [-0.39, 0.29) is 31.1 Å². The number of unbranched alkanes of at least 4 members (excludes halogenated alkanes) is 26. The van der Waals surface area contributed by atoms with Crippen molar-refractivity contribution in [1.82, 2.24) is 0 Å². The predicted octanol–water partition coefficient (Wildman–Crippen LogP) is 22.0. The highest BCUT2D eigenvalue weighted by Crippen LogP contribution is 2.15. The molecule has 0 fully saturated rings. The van der Waals surface area contributed by atoms with E-state index in [0.717, 1.165) is 135 Å². The van der Waals surface area contributed by atoms with Gasteiger partial charge >= 0.3 is 17.9 Å². The van der Waals surface area contributed by atoms with E-state index in [1.807, 2.05) is 0 Å². The zero-order valence-corrected chi connectivity index (χ0v) is 50.2. The Labute approximate surface area is 475 Å². The topological polar surface area (TPSA) is 78.9 Å². The van der Waals surface area contributed by atoms with Crippen molar-refractivity contribution in [3.05, 3.63) is 122 Å². The van der Waals surface area contributed by atoms with Crippen LogP contribution in [0, 0.1) is 0 Å². The number of rotatable bonds is 57. The monoisotopic (exact) mass is 1070 g/mol. The lowest BCUT2D eigenvalue weighted by Gasteiger charge is -2.18. The fourth-order valence-corrected chi connectivity index (χ4v) is 8.69. The Balaban J connectivity index is 4.34. The fourth-order valence-electron chi connectivity index (χ4n) is 8.69. The molecule has 0 heterocycles. The molecule has 0 aromatic heterocycles. The number of hydrogen-bond acceptors (Lipinski definition) is 6. The Bertz CT molecular complexity index is 1600. The van der Waals surface area contributed by atoms with Crippen molar-refractivity contribution in [1.29, 1.82) is 0 Å². The number of carbonyl (C=O) groups excluding carboxylic acids is 3. The maximum Gasteiger partial charge on any atom is 0.306 e. The van der Waals surface area contributed by atoms with Crippen LogP contribution in [0.2, 0.25) is 0 Å². The number of hydrogen-bond donors (Lipinski definition) is 0. The average molecular weight is 1070 g/mol. The van der Waals surface area contributed by atoms with Gasteiger partial charge in [-0.3, -0.25) is 14.4 Å². The van der Waals surface area contributed by atoms with Gasteiger partial charge in [0.05, 0.1) is 0 Å². The van der Waals surface area contributed by atoms with Crippen molar-refractivity contribution >= 4 is 17.9 Å². The average Bonchev–Trinajstić information content (AvgIpc) is 3.43. The maximum atomic E-state index is 12.9. The first kappa shape index (κ1) is 72.8. The van der Waals surface area contributed by atoms with Crippen LogP contribution < -0.4 is 0 Å². The third-order valence-corrected chi connectivity index (χ3v) is 13.4. The van der Waals surface area contributed by atoms with Crippen molar-refractivity contribution in [2.45, 2.75) is 297 Å². The van der Waals surface area contributed by atoms with Crippen molar-refractivity contribution in [3.63, 3.8) is 0 Å². The lowest BCUT2D eigenvalue weighted by molar-refractivity contribution is -0.167. The van der Waals surface area contributed by atoms with E-state index in [9.17, 15) is 14.4 Å². The number of allylic oxidation sites excluding steroid dienone is 20. The molecule has 0 saturated carbocycles. The van der Waals surface area contributed by atoms with E-state index in [4.69, 9.17) is 14.2 Å². The zero-order valence-electron chi connectivity index (χ0n) is 50.2. The Morgan fingerprint density at radius 1 is 0.273 bits per heavy atom. The molecule has 0 rings (SSSR count). The van der Waals surface area contributed by atoms with Gasteiger partial charge in [0.25, 0.3) is 0 Å². The van der Waals surface area contributed by atoms with Gasteiger partial charge in [-0.25, -0.2) is 0 Å². The summed E-state index contributed by atoms with van der Waals surface area (Å²) in [5, 5.41) is 0. The molecular formula is C71H118O6. The number of carbonyl (C=O) groups is 3. The van der Waals surface area contributed by atoms with Crippen LogP contribution in [0.1, 0.15) is 290 Å². The normalized spacial score (nSPS) is 12.9. The molecule has 0 spiro atoms. The molecule has 438 valence electrons. The summed E-state index contributed by atoms with van der Waals surface area (Å²) in [7, 11) is 0. The molecule has 77 heavy (non-hydrogen) atoms. The van der Waals surface area contributed by atoms with Gasteiger partial charge in [-0.1, -0.05) is 264 Å². The first-order chi connectivity index (χ1) is 38.0. The van der Waals surface area contributed by atoms with Crippen LogP contribution in [0.5, 0.6) is 0 Å². The van der Waals surface area contributed by atoms with Gasteiger partial charge < -0.3 is 14.2 Å². The van der Waals surface area contributed by atoms with Gasteiger partial charge in [-0.2, -0.15) is 0 Å². The van der Waals surface area contributed by atoms with Crippen molar-refractivity contribution in [3.8, 4) is 0 Å². The Hall–Kier alpha value is -4.19. The van der Waals surface area contributed by atoms with E-state index in [2.05, 4.69) is 142 Å². The first-order valence-corrected chi connectivity index (χ1v) is 32.0. The molecule has 0 aromatic rings. The minimum Gasteiger partial charge on any atom is -0.462 e. The molecule has 0 amide bonds. The van der Waals surface area contributed by atoms with Crippen molar-refractivity contribution < 1.29 is 28.6 Å². The fraction of sp³-hybridized carbons (Fsp3) is 0.676. The quantitative estimate of drug-likeness (QED) is 0.0261. The molecule has 1 atom stereocenters. The van der Waals surface area contributed by atoms with Crippen LogP contribution in [-0.2, 0) is 28.6 Å². The maximum absolute atomic E-state index is 12.9. The predicted molar refractivity (Wildman–Crippen MR) is 334 cm³/mol. The molecule has 1 unspecified atom stereocenters. The largest absolute Gasteiger partial charge is 0.462 e. The molecule has 0 aliphatic rings. The van der Waals surface area contributed by atoms with Crippen LogP contribution in [0.25, 0.3) is 0 Å². The summed E-state index contributed by atoms with van der Waals surface area (Å²) >= 11 is 0. The Morgan fingerprint density at radius 3 is 0.805 bits per heavy atom. The van der Waals surface area contributed by atoms with Gasteiger partial charge in [0.15, 0.2) is 6.10 Å². The minimum atomic E-state index is -0.794. The lowest BCUT2D eigenvalue weighted by atomic mass is 10.0. The molecule has 0 aromatic carbocycles. The third-order valence-electron chi connectivity index (χ3n) is 13.4. The van der Waals surface area contributed by atoms with Crippen LogP contribution in [-0.4, -0.2) is 37.2 Å². The summed E-state index contributed by atoms with van der Waals surface area (Å²) in [4.78, 5) is 38.3. The summed E-state index contributed by atoms with van der Waals surface area (Å²) in [5.74, 6) is -0.911. The first-order valence-electron chi connectivity index (χ1n) is 32.0. The summed E-state index contributed by atoms with van der Waals surface area (Å²) in [6.45, 7) is 6.39. The SMILES string of the molecule is CC/C=C\C/C=C\C/C=C\C/C=C\C/C=C\CCCCCCCCCCCCCC(=O)OCC(COC(=O)CCCCCCC/C=C\CCCCCC)OC(=O)CCCCCCCC/C=C\C/C=C\C/C=C\C/C=C\CC. The van der Waals surface area contributed by atoms with Crippen LogP contribution >= 0.6 is 0 Å². The number of ether oxygens (including phenoxy) is 3. The minimum absolute atomic E-state index is 0.0896.